The molecule has 112 valence electrons. The van der Waals surface area contributed by atoms with Crippen LogP contribution in [0.2, 0.25) is 0 Å². The Morgan fingerprint density at radius 1 is 1.40 bits per heavy atom. The number of carbonyl (C=O) groups excluding carboxylic acids is 1. The lowest BCUT2D eigenvalue weighted by molar-refractivity contribution is 0.0956. The molecule has 1 aliphatic rings. The van der Waals surface area contributed by atoms with Crippen LogP contribution in [0.25, 0.3) is 0 Å². The van der Waals surface area contributed by atoms with Gasteiger partial charge in [-0.3, -0.25) is 4.79 Å². The fourth-order valence-electron chi connectivity index (χ4n) is 2.60. The third-order valence-electron chi connectivity index (χ3n) is 3.89. The number of hydrogen-bond donors (Lipinski definition) is 1. The Morgan fingerprint density at radius 2 is 2.20 bits per heavy atom. The zero-order chi connectivity index (χ0) is 14.4. The second-order valence-electron chi connectivity index (χ2n) is 5.78. The average Bonchev–Trinajstić information content (AvgIpc) is 2.74. The molecule has 0 spiro atoms. The molecule has 20 heavy (non-hydrogen) atoms. The van der Waals surface area contributed by atoms with Gasteiger partial charge in [-0.15, -0.1) is 11.3 Å². The number of fused-ring (bicyclic) bond motifs is 1. The van der Waals surface area contributed by atoms with Crippen molar-refractivity contribution < 1.29 is 4.79 Å². The first-order chi connectivity index (χ1) is 9.70. The van der Waals surface area contributed by atoms with Gasteiger partial charge in [-0.1, -0.05) is 29.3 Å². The van der Waals surface area contributed by atoms with Crippen molar-refractivity contribution in [3.8, 4) is 0 Å². The first-order valence-electron chi connectivity index (χ1n) is 7.66. The lowest BCUT2D eigenvalue weighted by Crippen LogP contribution is -2.23. The largest absolute Gasteiger partial charge is 0.351 e. The first kappa shape index (κ1) is 16.0. The van der Waals surface area contributed by atoms with E-state index in [-0.39, 0.29) is 5.91 Å². The van der Waals surface area contributed by atoms with E-state index in [2.05, 4.69) is 34.2 Å². The maximum Gasteiger partial charge on any atom is 0.261 e. The zero-order valence-electron chi connectivity index (χ0n) is 12.2. The van der Waals surface area contributed by atoms with Gasteiger partial charge in [-0.25, -0.2) is 0 Å². The maximum absolute atomic E-state index is 12.2. The standard InChI is InChI=1S/C16H24BrNOS/c1-12(11-17)6-5-9-18-16(19)15-10-13-7-3-2-4-8-14(13)20-15/h10,12H,2-9,11H2,1H3,(H,18,19). The molecule has 1 heterocycles. The van der Waals surface area contributed by atoms with Crippen LogP contribution in [-0.4, -0.2) is 17.8 Å². The number of alkyl halides is 1. The highest BCUT2D eigenvalue weighted by Crippen LogP contribution is 2.28. The number of halogens is 1. The highest BCUT2D eigenvalue weighted by molar-refractivity contribution is 9.09. The minimum atomic E-state index is 0.120. The van der Waals surface area contributed by atoms with Gasteiger partial charge in [0, 0.05) is 16.8 Å². The monoisotopic (exact) mass is 357 g/mol. The molecule has 1 aromatic rings. The van der Waals surface area contributed by atoms with Gasteiger partial charge in [0.2, 0.25) is 0 Å². The van der Waals surface area contributed by atoms with E-state index >= 15 is 0 Å². The number of hydrogen-bond acceptors (Lipinski definition) is 2. The summed E-state index contributed by atoms with van der Waals surface area (Å²) in [6, 6.07) is 2.13. The molecule has 1 unspecified atom stereocenters. The molecule has 1 amide bonds. The molecule has 4 heteroatoms. The van der Waals surface area contributed by atoms with Crippen molar-refractivity contribution in [3.05, 3.63) is 21.4 Å². The molecule has 0 saturated carbocycles. The molecule has 0 radical (unpaired) electrons. The number of carbonyl (C=O) groups is 1. The second-order valence-corrected chi connectivity index (χ2v) is 7.56. The normalized spacial score (nSPS) is 16.3. The minimum absolute atomic E-state index is 0.120. The molecule has 1 N–H and O–H groups in total. The van der Waals surface area contributed by atoms with Crippen molar-refractivity contribution in [2.45, 2.75) is 51.9 Å². The Kier molecular flexibility index (Phi) is 6.56. The van der Waals surface area contributed by atoms with Crippen LogP contribution < -0.4 is 5.32 Å². The summed E-state index contributed by atoms with van der Waals surface area (Å²) in [4.78, 5) is 14.5. The molecular weight excluding hydrogens is 334 g/mol. The summed E-state index contributed by atoms with van der Waals surface area (Å²) in [5, 5.41) is 4.10. The highest BCUT2D eigenvalue weighted by Gasteiger charge is 2.16. The summed E-state index contributed by atoms with van der Waals surface area (Å²) in [5.74, 6) is 0.805. The van der Waals surface area contributed by atoms with E-state index < -0.39 is 0 Å². The van der Waals surface area contributed by atoms with Crippen LogP contribution >= 0.6 is 27.3 Å². The van der Waals surface area contributed by atoms with Gasteiger partial charge >= 0.3 is 0 Å². The van der Waals surface area contributed by atoms with Crippen LogP contribution in [0.5, 0.6) is 0 Å². The Bertz CT molecular complexity index is 420. The number of aryl methyl sites for hydroxylation is 2. The Morgan fingerprint density at radius 3 is 3.00 bits per heavy atom. The van der Waals surface area contributed by atoms with E-state index in [0.29, 0.717) is 5.92 Å². The lowest BCUT2D eigenvalue weighted by Gasteiger charge is -2.07. The highest BCUT2D eigenvalue weighted by atomic mass is 79.9. The average molecular weight is 358 g/mol. The lowest BCUT2D eigenvalue weighted by atomic mass is 10.1. The van der Waals surface area contributed by atoms with Crippen molar-refractivity contribution >= 4 is 33.2 Å². The van der Waals surface area contributed by atoms with Crippen LogP contribution in [-0.2, 0) is 12.8 Å². The van der Waals surface area contributed by atoms with E-state index in [9.17, 15) is 4.79 Å². The number of thiophene rings is 1. The summed E-state index contributed by atoms with van der Waals surface area (Å²) < 4.78 is 0. The van der Waals surface area contributed by atoms with Crippen LogP contribution in [0.4, 0.5) is 0 Å². The van der Waals surface area contributed by atoms with Crippen molar-refractivity contribution in [3.63, 3.8) is 0 Å². The van der Waals surface area contributed by atoms with Gasteiger partial charge < -0.3 is 5.32 Å². The predicted octanol–water partition coefficient (Wildman–Crippen LogP) is 4.56. The quantitative estimate of drug-likeness (QED) is 0.451. The fourth-order valence-corrected chi connectivity index (χ4v) is 4.09. The summed E-state index contributed by atoms with van der Waals surface area (Å²) in [6.07, 6.45) is 8.41. The van der Waals surface area contributed by atoms with Crippen molar-refractivity contribution in [2.75, 3.05) is 11.9 Å². The van der Waals surface area contributed by atoms with E-state index in [1.807, 2.05) is 0 Å². The van der Waals surface area contributed by atoms with Gasteiger partial charge in [-0.05, 0) is 56.1 Å². The molecular formula is C16H24BrNOS. The zero-order valence-corrected chi connectivity index (χ0v) is 14.6. The Hall–Kier alpha value is -0.350. The van der Waals surface area contributed by atoms with Gasteiger partial charge in [0.05, 0.1) is 4.88 Å². The summed E-state index contributed by atoms with van der Waals surface area (Å²) in [5.41, 5.74) is 1.42. The molecule has 0 aliphatic heterocycles. The molecule has 2 nitrogen and oxygen atoms in total. The Labute approximate surface area is 134 Å². The molecule has 0 aromatic carbocycles. The Balaban J connectivity index is 1.81. The fraction of sp³-hybridized carbons (Fsp3) is 0.688. The second kappa shape index (κ2) is 8.18. The van der Waals surface area contributed by atoms with E-state index in [1.165, 1.54) is 29.7 Å². The number of amides is 1. The maximum atomic E-state index is 12.2. The van der Waals surface area contributed by atoms with E-state index in [0.717, 1.165) is 42.4 Å². The van der Waals surface area contributed by atoms with Crippen molar-refractivity contribution in [1.82, 2.24) is 5.32 Å². The first-order valence-corrected chi connectivity index (χ1v) is 9.60. The van der Waals surface area contributed by atoms with Crippen LogP contribution in [0.3, 0.4) is 0 Å². The molecule has 1 aliphatic carbocycles. The van der Waals surface area contributed by atoms with Gasteiger partial charge in [0.1, 0.15) is 0 Å². The topological polar surface area (TPSA) is 29.1 Å². The van der Waals surface area contributed by atoms with Crippen LogP contribution in [0.15, 0.2) is 6.07 Å². The SMILES string of the molecule is CC(CBr)CCCNC(=O)c1cc2c(s1)CCCCC2. The number of nitrogens with one attached hydrogen (secondary N) is 1. The summed E-state index contributed by atoms with van der Waals surface area (Å²) in [6.45, 7) is 3.02. The van der Waals surface area contributed by atoms with Crippen LogP contribution in [0.1, 0.15) is 59.1 Å². The third-order valence-corrected chi connectivity index (χ3v) is 6.23. The molecule has 1 atom stereocenters. The molecule has 0 fully saturated rings. The number of rotatable bonds is 6. The molecule has 2 rings (SSSR count). The minimum Gasteiger partial charge on any atom is -0.351 e. The summed E-state index contributed by atoms with van der Waals surface area (Å²) >= 11 is 5.19. The van der Waals surface area contributed by atoms with Crippen LogP contribution in [0, 0.1) is 5.92 Å². The molecule has 0 bridgehead atoms. The van der Waals surface area contributed by atoms with Gasteiger partial charge in [0.25, 0.3) is 5.91 Å². The van der Waals surface area contributed by atoms with E-state index in [4.69, 9.17) is 0 Å². The molecule has 1 aromatic heterocycles. The smallest absolute Gasteiger partial charge is 0.261 e. The van der Waals surface area contributed by atoms with E-state index in [1.54, 1.807) is 11.3 Å². The van der Waals surface area contributed by atoms with Gasteiger partial charge in [0.15, 0.2) is 0 Å². The molecule has 0 saturated heterocycles. The third kappa shape index (κ3) is 4.59. The summed E-state index contributed by atoms with van der Waals surface area (Å²) in [7, 11) is 0. The predicted molar refractivity (Wildman–Crippen MR) is 90.1 cm³/mol. The van der Waals surface area contributed by atoms with Gasteiger partial charge in [-0.2, -0.15) is 0 Å². The van der Waals surface area contributed by atoms with Crippen molar-refractivity contribution in [1.29, 1.82) is 0 Å². The van der Waals surface area contributed by atoms with Crippen molar-refractivity contribution in [2.24, 2.45) is 5.92 Å².